The van der Waals surface area contributed by atoms with Crippen molar-refractivity contribution in [1.29, 1.82) is 0 Å². The summed E-state index contributed by atoms with van der Waals surface area (Å²) in [5, 5.41) is 0. The molecule has 0 spiro atoms. The lowest BCUT2D eigenvalue weighted by molar-refractivity contribution is 0.343. The summed E-state index contributed by atoms with van der Waals surface area (Å²) in [5.74, 6) is 1.58. The van der Waals surface area contributed by atoms with Gasteiger partial charge >= 0.3 is 0 Å². The predicted molar refractivity (Wildman–Crippen MR) is 91.6 cm³/mol. The predicted octanol–water partition coefficient (Wildman–Crippen LogP) is 5.31. The van der Waals surface area contributed by atoms with Gasteiger partial charge in [0.05, 0.1) is 12.1 Å². The Hall–Kier alpha value is -1.29. The second kappa shape index (κ2) is 7.64. The molecule has 1 aromatic carbocycles. The van der Waals surface area contributed by atoms with Gasteiger partial charge in [0.15, 0.2) is 4.77 Å². The molecule has 4 heteroatoms. The summed E-state index contributed by atoms with van der Waals surface area (Å²) in [4.78, 5) is 3.32. The number of nitrogens with one attached hydrogen (secondary N) is 1. The molecule has 0 aliphatic rings. The highest BCUT2D eigenvalue weighted by Crippen LogP contribution is 2.26. The molecular weight excluding hydrogens is 280 g/mol. The van der Waals surface area contributed by atoms with E-state index >= 15 is 0 Å². The largest absolute Gasteiger partial charge is 0.492 e. The molecule has 1 heterocycles. The van der Waals surface area contributed by atoms with Crippen LogP contribution in [0.25, 0.3) is 11.0 Å². The highest BCUT2D eigenvalue weighted by Gasteiger charge is 2.13. The number of hydrogen-bond donors (Lipinski definition) is 1. The van der Waals surface area contributed by atoms with Crippen LogP contribution in [0, 0.1) is 10.7 Å². The van der Waals surface area contributed by atoms with Gasteiger partial charge in [0.1, 0.15) is 11.3 Å². The minimum Gasteiger partial charge on any atom is -0.492 e. The molecule has 3 nitrogen and oxygen atoms in total. The molecule has 0 saturated carbocycles. The number of aromatic amines is 1. The maximum atomic E-state index is 5.69. The number of benzene rings is 1. The van der Waals surface area contributed by atoms with Crippen LogP contribution in [0.15, 0.2) is 18.2 Å². The molecular formula is C17H26N2OS. The van der Waals surface area contributed by atoms with Crippen LogP contribution in [-0.4, -0.2) is 16.2 Å². The number of rotatable bonds is 8. The topological polar surface area (TPSA) is 29.9 Å². The molecule has 1 atom stereocenters. The molecule has 0 radical (unpaired) electrons. The van der Waals surface area contributed by atoms with Gasteiger partial charge in [0.25, 0.3) is 0 Å². The van der Waals surface area contributed by atoms with Crippen molar-refractivity contribution in [3.63, 3.8) is 0 Å². The number of H-pyrrole nitrogens is 1. The number of nitrogens with zero attached hydrogens (tertiary/aromatic N) is 1. The van der Waals surface area contributed by atoms with Gasteiger partial charge in [-0.2, -0.15) is 0 Å². The average molecular weight is 306 g/mol. The number of fused-ring (bicyclic) bond motifs is 1. The van der Waals surface area contributed by atoms with Crippen LogP contribution in [0.3, 0.4) is 0 Å². The molecule has 2 rings (SSSR count). The fourth-order valence-electron chi connectivity index (χ4n) is 2.79. The van der Waals surface area contributed by atoms with Crippen molar-refractivity contribution in [2.75, 3.05) is 6.61 Å². The van der Waals surface area contributed by atoms with Gasteiger partial charge in [-0.05, 0) is 43.6 Å². The highest BCUT2D eigenvalue weighted by atomic mass is 32.1. The lowest BCUT2D eigenvalue weighted by Gasteiger charge is -2.16. The molecule has 0 aliphatic heterocycles. The summed E-state index contributed by atoms with van der Waals surface area (Å²) in [6.45, 7) is 8.18. The maximum absolute atomic E-state index is 5.69. The molecule has 0 amide bonds. The van der Waals surface area contributed by atoms with Crippen molar-refractivity contribution in [2.24, 2.45) is 5.92 Å². The van der Waals surface area contributed by atoms with Crippen molar-refractivity contribution in [3.8, 4) is 5.75 Å². The van der Waals surface area contributed by atoms with E-state index in [-0.39, 0.29) is 0 Å². The van der Waals surface area contributed by atoms with Crippen LogP contribution in [0.5, 0.6) is 5.75 Å². The molecule has 2 aromatic rings. The normalized spacial score (nSPS) is 12.7. The number of imidazole rings is 1. The maximum Gasteiger partial charge on any atom is 0.178 e. The third-order valence-electron chi connectivity index (χ3n) is 4.06. The Morgan fingerprint density at radius 2 is 2.10 bits per heavy atom. The fraction of sp³-hybridized carbons (Fsp3) is 0.588. The van der Waals surface area contributed by atoms with E-state index in [1.807, 2.05) is 19.1 Å². The Balaban J connectivity index is 2.33. The van der Waals surface area contributed by atoms with Crippen molar-refractivity contribution < 1.29 is 4.74 Å². The molecule has 0 bridgehead atoms. The molecule has 116 valence electrons. The Labute approximate surface area is 132 Å². The quantitative estimate of drug-likeness (QED) is 0.669. The van der Waals surface area contributed by atoms with E-state index in [4.69, 9.17) is 17.0 Å². The van der Waals surface area contributed by atoms with E-state index in [9.17, 15) is 0 Å². The smallest absolute Gasteiger partial charge is 0.178 e. The van der Waals surface area contributed by atoms with Gasteiger partial charge in [0.2, 0.25) is 0 Å². The first-order valence-corrected chi connectivity index (χ1v) is 8.46. The zero-order valence-electron chi connectivity index (χ0n) is 13.3. The molecule has 21 heavy (non-hydrogen) atoms. The molecule has 0 fully saturated rings. The van der Waals surface area contributed by atoms with Gasteiger partial charge in [-0.3, -0.25) is 0 Å². The second-order valence-corrected chi connectivity index (χ2v) is 5.93. The van der Waals surface area contributed by atoms with Crippen LogP contribution >= 0.6 is 12.2 Å². The third kappa shape index (κ3) is 3.67. The van der Waals surface area contributed by atoms with Crippen molar-refractivity contribution in [2.45, 2.75) is 53.0 Å². The minimum atomic E-state index is 0.666. The molecule has 0 saturated heterocycles. The van der Waals surface area contributed by atoms with Gasteiger partial charge < -0.3 is 14.3 Å². The highest BCUT2D eigenvalue weighted by molar-refractivity contribution is 7.71. The van der Waals surface area contributed by atoms with Crippen LogP contribution < -0.4 is 4.74 Å². The monoisotopic (exact) mass is 306 g/mol. The second-order valence-electron chi connectivity index (χ2n) is 5.54. The zero-order chi connectivity index (χ0) is 15.2. The summed E-state index contributed by atoms with van der Waals surface area (Å²) in [6, 6.07) is 6.16. The van der Waals surface area contributed by atoms with Gasteiger partial charge in [0, 0.05) is 6.54 Å². The van der Waals surface area contributed by atoms with E-state index in [1.165, 1.54) is 25.7 Å². The molecule has 0 aliphatic carbocycles. The minimum absolute atomic E-state index is 0.666. The van der Waals surface area contributed by atoms with Crippen LogP contribution in [0.2, 0.25) is 0 Å². The van der Waals surface area contributed by atoms with Gasteiger partial charge in [-0.25, -0.2) is 0 Å². The summed E-state index contributed by atoms with van der Waals surface area (Å²) in [7, 11) is 0. The van der Waals surface area contributed by atoms with Crippen molar-refractivity contribution in [1.82, 2.24) is 9.55 Å². The number of aromatic nitrogens is 2. The van der Waals surface area contributed by atoms with Crippen LogP contribution in [0.1, 0.15) is 46.5 Å². The Morgan fingerprint density at radius 1 is 1.29 bits per heavy atom. The Morgan fingerprint density at radius 3 is 2.76 bits per heavy atom. The fourth-order valence-corrected chi connectivity index (χ4v) is 3.06. The van der Waals surface area contributed by atoms with Crippen molar-refractivity contribution in [3.05, 3.63) is 23.0 Å². The summed E-state index contributed by atoms with van der Waals surface area (Å²) >= 11 is 5.53. The Bertz CT molecular complexity index is 629. The molecule has 1 unspecified atom stereocenters. The van der Waals surface area contributed by atoms with Gasteiger partial charge in [-0.15, -0.1) is 0 Å². The van der Waals surface area contributed by atoms with E-state index in [0.29, 0.717) is 12.5 Å². The van der Waals surface area contributed by atoms with Crippen LogP contribution in [0.4, 0.5) is 0 Å². The third-order valence-corrected chi connectivity index (χ3v) is 4.38. The lowest BCUT2D eigenvalue weighted by Crippen LogP contribution is -2.10. The average Bonchev–Trinajstić information content (AvgIpc) is 2.81. The molecule has 1 N–H and O–H groups in total. The first-order valence-electron chi connectivity index (χ1n) is 8.05. The van der Waals surface area contributed by atoms with E-state index in [0.717, 1.165) is 28.1 Å². The number of unbranched alkanes of at least 4 members (excludes halogenated alkanes) is 1. The zero-order valence-corrected chi connectivity index (χ0v) is 14.1. The van der Waals surface area contributed by atoms with E-state index in [1.54, 1.807) is 0 Å². The van der Waals surface area contributed by atoms with Crippen molar-refractivity contribution >= 4 is 23.3 Å². The SMILES string of the molecule is CCCCC(CC)Cn1c(=S)[nH]c2c(OCC)cccc21. The van der Waals surface area contributed by atoms with E-state index in [2.05, 4.69) is 29.5 Å². The first kappa shape index (κ1) is 16.1. The first-order chi connectivity index (χ1) is 10.2. The summed E-state index contributed by atoms with van der Waals surface area (Å²) in [5.41, 5.74) is 2.18. The Kier molecular flexibility index (Phi) is 5.85. The summed E-state index contributed by atoms with van der Waals surface area (Å²) in [6.07, 6.45) is 5.01. The molecule has 1 aromatic heterocycles. The summed E-state index contributed by atoms with van der Waals surface area (Å²) < 4.78 is 8.72. The number of para-hydroxylation sites is 1. The number of hydrogen-bond acceptors (Lipinski definition) is 2. The van der Waals surface area contributed by atoms with Gasteiger partial charge in [-0.1, -0.05) is 39.2 Å². The van der Waals surface area contributed by atoms with Crippen LogP contribution in [-0.2, 0) is 6.54 Å². The lowest BCUT2D eigenvalue weighted by atomic mass is 9.99. The van der Waals surface area contributed by atoms with E-state index < -0.39 is 0 Å². The standard InChI is InChI=1S/C17H26N2OS/c1-4-7-9-13(5-2)12-19-14-10-8-11-15(20-6-3)16(14)18-17(19)21/h8,10-11,13H,4-7,9,12H2,1-3H3,(H,18,21). The number of ether oxygens (including phenoxy) is 1.